The second-order valence-electron chi connectivity index (χ2n) is 9.08. The number of esters is 1. The Labute approximate surface area is 186 Å². The Morgan fingerprint density at radius 2 is 1.94 bits per heavy atom. The topological polar surface area (TPSA) is 127 Å². The molecule has 4 rings (SSSR count). The Morgan fingerprint density at radius 3 is 2.59 bits per heavy atom. The summed E-state index contributed by atoms with van der Waals surface area (Å²) in [5.41, 5.74) is 9.44. The minimum absolute atomic E-state index is 0.00194. The van der Waals surface area contributed by atoms with Gasteiger partial charge in [0.1, 0.15) is 18.1 Å². The fourth-order valence-electron chi connectivity index (χ4n) is 4.85. The molecule has 8 heteroatoms. The van der Waals surface area contributed by atoms with Gasteiger partial charge in [0.2, 0.25) is 11.6 Å². The number of nitrogens with two attached hydrogens (primary N) is 1. The van der Waals surface area contributed by atoms with Crippen LogP contribution >= 0.6 is 0 Å². The monoisotopic (exact) mass is 437 g/mol. The number of furan rings is 1. The van der Waals surface area contributed by atoms with Gasteiger partial charge in [0.05, 0.1) is 19.2 Å². The van der Waals surface area contributed by atoms with E-state index < -0.39 is 17.5 Å². The first kappa shape index (κ1) is 21.8. The number of benzene rings is 1. The van der Waals surface area contributed by atoms with Crippen molar-refractivity contribution in [3.8, 4) is 11.3 Å². The number of carbonyl (C=O) groups excluding carboxylic acids is 3. The van der Waals surface area contributed by atoms with Crippen molar-refractivity contribution in [3.63, 3.8) is 0 Å². The van der Waals surface area contributed by atoms with Crippen LogP contribution in [-0.2, 0) is 27.9 Å². The van der Waals surface area contributed by atoms with Gasteiger partial charge >= 0.3 is 5.97 Å². The van der Waals surface area contributed by atoms with Gasteiger partial charge in [-0.05, 0) is 42.7 Å². The van der Waals surface area contributed by atoms with Crippen LogP contribution in [0, 0.1) is 12.3 Å². The molecule has 0 atom stereocenters. The molecular weight excluding hydrogens is 410 g/mol. The number of hydrogen-bond acceptors (Lipinski definition) is 6. The van der Waals surface area contributed by atoms with E-state index >= 15 is 0 Å². The minimum Gasteiger partial charge on any atom is -0.468 e. The first-order valence-corrected chi connectivity index (χ1v) is 10.6. The van der Waals surface area contributed by atoms with E-state index in [0.29, 0.717) is 28.2 Å². The van der Waals surface area contributed by atoms with Crippen molar-refractivity contribution in [1.29, 1.82) is 5.41 Å². The summed E-state index contributed by atoms with van der Waals surface area (Å²) in [6.45, 7) is 5.78. The van der Waals surface area contributed by atoms with E-state index in [4.69, 9.17) is 15.6 Å². The van der Waals surface area contributed by atoms with Crippen molar-refractivity contribution < 1.29 is 23.5 Å². The summed E-state index contributed by atoms with van der Waals surface area (Å²) in [5, 5.41) is 7.77. The lowest BCUT2D eigenvalue weighted by atomic mass is 9.69. The molecule has 2 aliphatic rings. The molecule has 3 N–H and O–H groups in total. The van der Waals surface area contributed by atoms with Gasteiger partial charge in [-0.15, -0.1) is 0 Å². The molecule has 0 spiro atoms. The molecule has 1 aromatic heterocycles. The average molecular weight is 437 g/mol. The Morgan fingerprint density at radius 1 is 1.25 bits per heavy atom. The molecule has 168 valence electrons. The second kappa shape index (κ2) is 7.62. The predicted octanol–water partition coefficient (Wildman–Crippen LogP) is 3.12. The molecule has 0 unspecified atom stereocenters. The zero-order chi connectivity index (χ0) is 23.4. The first-order chi connectivity index (χ1) is 15.1. The van der Waals surface area contributed by atoms with Crippen LogP contribution in [0.4, 0.5) is 0 Å². The zero-order valence-electron chi connectivity index (χ0n) is 18.8. The van der Waals surface area contributed by atoms with Crippen LogP contribution in [0.25, 0.3) is 11.3 Å². The Kier molecular flexibility index (Phi) is 5.19. The smallest absolute Gasteiger partial charge is 0.325 e. The van der Waals surface area contributed by atoms with Crippen LogP contribution in [0.2, 0.25) is 0 Å². The Bertz CT molecular complexity index is 1170. The van der Waals surface area contributed by atoms with E-state index in [2.05, 4.69) is 18.6 Å². The van der Waals surface area contributed by atoms with Crippen molar-refractivity contribution in [1.82, 2.24) is 4.90 Å². The molecule has 0 saturated heterocycles. The van der Waals surface area contributed by atoms with E-state index in [1.165, 1.54) is 12.0 Å². The summed E-state index contributed by atoms with van der Waals surface area (Å²) in [4.78, 5) is 39.3. The molecule has 0 fully saturated rings. The van der Waals surface area contributed by atoms with Crippen molar-refractivity contribution >= 4 is 23.5 Å². The van der Waals surface area contributed by atoms with Crippen LogP contribution in [0.15, 0.2) is 16.5 Å². The fourth-order valence-corrected chi connectivity index (χ4v) is 4.85. The van der Waals surface area contributed by atoms with Crippen molar-refractivity contribution in [2.24, 2.45) is 5.73 Å². The summed E-state index contributed by atoms with van der Waals surface area (Å²) in [6.07, 6.45) is 2.73. The SMILES string of the molecule is COC(=O)CN(Cc1oc2c(c1C)C(=O)C(=O)c1c-2ccc2c1CCCC2(C)C)C(=N)N. The van der Waals surface area contributed by atoms with Crippen LogP contribution in [0.5, 0.6) is 0 Å². The van der Waals surface area contributed by atoms with Gasteiger partial charge in [0, 0.05) is 16.7 Å². The average Bonchev–Trinajstić information content (AvgIpc) is 3.06. The first-order valence-electron chi connectivity index (χ1n) is 10.6. The number of Topliss-reactive ketones (excluding diaryl/α,β-unsaturated/α-hetero) is 2. The largest absolute Gasteiger partial charge is 0.468 e. The number of fused-ring (bicyclic) bond motifs is 5. The molecule has 32 heavy (non-hydrogen) atoms. The Balaban J connectivity index is 1.83. The van der Waals surface area contributed by atoms with Gasteiger partial charge in [-0.2, -0.15) is 0 Å². The van der Waals surface area contributed by atoms with Gasteiger partial charge in [-0.25, -0.2) is 0 Å². The number of nitrogens with zero attached hydrogens (tertiary/aromatic N) is 1. The molecule has 0 bridgehead atoms. The highest BCUT2D eigenvalue weighted by Crippen LogP contribution is 2.45. The van der Waals surface area contributed by atoms with Gasteiger partial charge in [0.25, 0.3) is 0 Å². The van der Waals surface area contributed by atoms with E-state index in [9.17, 15) is 14.4 Å². The number of carbonyl (C=O) groups is 3. The maximum Gasteiger partial charge on any atom is 0.325 e. The highest BCUT2D eigenvalue weighted by molar-refractivity contribution is 6.53. The number of ether oxygens (including phenoxy) is 1. The third-order valence-electron chi connectivity index (χ3n) is 6.64. The lowest BCUT2D eigenvalue weighted by Gasteiger charge is -2.34. The molecule has 2 aliphatic carbocycles. The minimum atomic E-state index is -0.584. The maximum absolute atomic E-state index is 13.2. The number of rotatable bonds is 4. The molecule has 8 nitrogen and oxygen atoms in total. The highest BCUT2D eigenvalue weighted by atomic mass is 16.5. The summed E-state index contributed by atoms with van der Waals surface area (Å²) in [7, 11) is 1.25. The number of methoxy groups -OCH3 is 1. The molecule has 0 radical (unpaired) electrons. The highest BCUT2D eigenvalue weighted by Gasteiger charge is 2.40. The van der Waals surface area contributed by atoms with Gasteiger partial charge in [-0.1, -0.05) is 26.0 Å². The second-order valence-corrected chi connectivity index (χ2v) is 9.08. The normalized spacial score (nSPS) is 16.1. The van der Waals surface area contributed by atoms with Gasteiger partial charge in [-0.3, -0.25) is 19.8 Å². The van der Waals surface area contributed by atoms with E-state index in [1.54, 1.807) is 6.92 Å². The summed E-state index contributed by atoms with van der Waals surface area (Å²) in [5.74, 6) is -1.23. The van der Waals surface area contributed by atoms with Crippen LogP contribution in [0.3, 0.4) is 0 Å². The zero-order valence-corrected chi connectivity index (χ0v) is 18.8. The lowest BCUT2D eigenvalue weighted by molar-refractivity contribution is -0.141. The molecule has 1 aromatic carbocycles. The van der Waals surface area contributed by atoms with Crippen molar-refractivity contribution in [3.05, 3.63) is 45.7 Å². The van der Waals surface area contributed by atoms with Crippen LogP contribution in [0.1, 0.15) is 69.9 Å². The molecule has 0 saturated carbocycles. The van der Waals surface area contributed by atoms with Crippen LogP contribution in [-0.4, -0.2) is 42.0 Å². The number of nitrogens with one attached hydrogen (secondary N) is 1. The molecule has 0 amide bonds. The summed E-state index contributed by atoms with van der Waals surface area (Å²) < 4.78 is 10.8. The van der Waals surface area contributed by atoms with Gasteiger partial charge < -0.3 is 19.8 Å². The molecular formula is C24H27N3O5. The maximum atomic E-state index is 13.2. The van der Waals surface area contributed by atoms with Gasteiger partial charge in [0.15, 0.2) is 5.96 Å². The quantitative estimate of drug-likeness (QED) is 0.326. The lowest BCUT2D eigenvalue weighted by Crippen LogP contribution is -2.40. The van der Waals surface area contributed by atoms with Crippen LogP contribution < -0.4 is 5.73 Å². The fraction of sp³-hybridized carbons (Fsp3) is 0.417. The van der Waals surface area contributed by atoms with E-state index in [-0.39, 0.29) is 30.0 Å². The molecule has 2 aromatic rings. The summed E-state index contributed by atoms with van der Waals surface area (Å²) in [6, 6.07) is 3.91. The molecule has 1 heterocycles. The van der Waals surface area contributed by atoms with Crippen molar-refractivity contribution in [2.45, 2.75) is 52.0 Å². The predicted molar refractivity (Wildman–Crippen MR) is 118 cm³/mol. The third kappa shape index (κ3) is 3.30. The summed E-state index contributed by atoms with van der Waals surface area (Å²) >= 11 is 0. The number of ketones is 2. The number of hydrogen-bond donors (Lipinski definition) is 2. The number of guanidine groups is 1. The Hall–Kier alpha value is -3.42. The van der Waals surface area contributed by atoms with E-state index in [0.717, 1.165) is 30.4 Å². The van der Waals surface area contributed by atoms with Crippen molar-refractivity contribution in [2.75, 3.05) is 13.7 Å². The third-order valence-corrected chi connectivity index (χ3v) is 6.64. The van der Waals surface area contributed by atoms with E-state index in [1.807, 2.05) is 12.1 Å². The standard InChI is InChI=1S/C24H27N3O5/c1-12-16(10-27(23(25)26)11-17(28)31-4)32-22-14-7-8-15-13(6-5-9-24(15,2)3)19(14)21(30)20(29)18(12)22/h7-8H,5-6,9-11H2,1-4H3,(H3,25,26). The molecule has 0 aliphatic heterocycles.